The van der Waals surface area contributed by atoms with Crippen LogP contribution in [0, 0.1) is 12.8 Å². The standard InChI is InChI=1S/C30H32BrN5O4S/c1-17(2)26(28(37)38)32-29(39)40-15-19(4)36-30(33-34-35-36)23-13-9-8-12-21(23)22-14-18(3)27(25(31)24(22)30)41-16-20-10-6-5-7-11-20/h5-14,17,19,26H,15-16H2,1-4H3,(H,32,39)(H,33,35)(H,37,38)/t19?,26-,30?/m0/s1. The molecule has 3 aromatic carbocycles. The maximum atomic E-state index is 12.5. The molecule has 0 aromatic heterocycles. The van der Waals surface area contributed by atoms with E-state index in [-0.39, 0.29) is 12.5 Å². The van der Waals surface area contributed by atoms with Crippen LogP contribution >= 0.6 is 27.7 Å². The molecule has 214 valence electrons. The van der Waals surface area contributed by atoms with E-state index in [0.717, 1.165) is 42.9 Å². The van der Waals surface area contributed by atoms with Crippen LogP contribution in [0.15, 0.2) is 80.5 Å². The second-order valence-electron chi connectivity index (χ2n) is 10.6. The Balaban J connectivity index is 1.46. The highest BCUT2D eigenvalue weighted by Crippen LogP contribution is 2.56. The number of carbonyl (C=O) groups is 2. The first kappa shape index (κ1) is 28.9. The highest BCUT2D eigenvalue weighted by atomic mass is 79.9. The summed E-state index contributed by atoms with van der Waals surface area (Å²) in [5, 5.41) is 22.4. The number of benzene rings is 3. The zero-order valence-corrected chi connectivity index (χ0v) is 25.6. The third-order valence-electron chi connectivity index (χ3n) is 7.38. The zero-order chi connectivity index (χ0) is 29.3. The molecule has 5 rings (SSSR count). The molecule has 1 aliphatic heterocycles. The number of halogens is 1. The molecular formula is C30H32BrN5O4S. The summed E-state index contributed by atoms with van der Waals surface area (Å²) in [6.45, 7) is 7.43. The number of aryl methyl sites for hydroxylation is 1. The van der Waals surface area contributed by atoms with Gasteiger partial charge >= 0.3 is 12.1 Å². The first-order chi connectivity index (χ1) is 19.6. The Bertz CT molecular complexity index is 1500. The highest BCUT2D eigenvalue weighted by Gasteiger charge is 2.54. The van der Waals surface area contributed by atoms with Gasteiger partial charge in [-0.15, -0.1) is 11.8 Å². The van der Waals surface area contributed by atoms with Crippen LogP contribution in [0.25, 0.3) is 11.1 Å². The van der Waals surface area contributed by atoms with Crippen molar-refractivity contribution in [1.29, 1.82) is 0 Å². The quantitative estimate of drug-likeness (QED) is 0.225. The number of thioether (sulfide) groups is 1. The fraction of sp³-hybridized carbons (Fsp3) is 0.333. The van der Waals surface area contributed by atoms with E-state index in [0.29, 0.717) is 0 Å². The van der Waals surface area contributed by atoms with Crippen molar-refractivity contribution in [2.24, 2.45) is 16.4 Å². The van der Waals surface area contributed by atoms with Crippen LogP contribution in [-0.2, 0) is 20.9 Å². The van der Waals surface area contributed by atoms with Crippen LogP contribution in [0.1, 0.15) is 43.0 Å². The molecule has 1 heterocycles. The molecule has 2 aliphatic rings. The number of carboxylic acid groups (broad SMARTS) is 1. The van der Waals surface area contributed by atoms with Crippen molar-refractivity contribution in [3.05, 3.63) is 87.4 Å². The molecule has 1 spiro atoms. The van der Waals surface area contributed by atoms with Crippen LogP contribution in [0.4, 0.5) is 4.79 Å². The molecule has 41 heavy (non-hydrogen) atoms. The first-order valence-electron chi connectivity index (χ1n) is 13.4. The highest BCUT2D eigenvalue weighted by molar-refractivity contribution is 9.10. The number of rotatable bonds is 9. The third-order valence-corrected chi connectivity index (χ3v) is 9.73. The van der Waals surface area contributed by atoms with Gasteiger partial charge in [0.25, 0.3) is 0 Å². The minimum absolute atomic E-state index is 0.0324. The Morgan fingerprint density at radius 2 is 1.83 bits per heavy atom. The summed E-state index contributed by atoms with van der Waals surface area (Å²) in [5.41, 5.74) is 8.90. The lowest BCUT2D eigenvalue weighted by molar-refractivity contribution is -0.140. The van der Waals surface area contributed by atoms with E-state index in [1.807, 2.05) is 42.3 Å². The summed E-state index contributed by atoms with van der Waals surface area (Å²) in [6, 6.07) is 19.3. The van der Waals surface area contributed by atoms with Gasteiger partial charge in [0.05, 0.1) is 6.04 Å². The van der Waals surface area contributed by atoms with Crippen LogP contribution in [-0.4, -0.2) is 40.9 Å². The molecule has 9 nitrogen and oxygen atoms in total. The van der Waals surface area contributed by atoms with Crippen molar-refractivity contribution in [1.82, 2.24) is 15.8 Å². The number of alkyl carbamates (subject to hydrolysis) is 1. The number of hydrogen-bond donors (Lipinski definition) is 3. The second kappa shape index (κ2) is 11.7. The average Bonchev–Trinajstić information content (AvgIpc) is 3.51. The average molecular weight is 639 g/mol. The molecule has 3 atom stereocenters. The molecule has 0 saturated carbocycles. The maximum Gasteiger partial charge on any atom is 0.407 e. The first-order valence-corrected chi connectivity index (χ1v) is 15.2. The van der Waals surface area contributed by atoms with E-state index in [2.05, 4.69) is 74.4 Å². The number of carbonyl (C=O) groups excluding carboxylic acids is 1. The molecule has 2 unspecified atom stereocenters. The molecule has 0 bridgehead atoms. The van der Waals surface area contributed by atoms with Gasteiger partial charge in [-0.1, -0.05) is 78.9 Å². The number of aliphatic carboxylic acids is 1. The number of ether oxygens (including phenoxy) is 1. The van der Waals surface area contributed by atoms with Crippen molar-refractivity contribution in [2.75, 3.05) is 6.61 Å². The zero-order valence-electron chi connectivity index (χ0n) is 23.2. The van der Waals surface area contributed by atoms with Gasteiger partial charge in [-0.3, -0.25) is 5.43 Å². The molecule has 0 fully saturated rings. The van der Waals surface area contributed by atoms with E-state index in [9.17, 15) is 14.7 Å². The third kappa shape index (κ3) is 5.28. The van der Waals surface area contributed by atoms with E-state index < -0.39 is 29.8 Å². The van der Waals surface area contributed by atoms with Crippen molar-refractivity contribution >= 4 is 39.8 Å². The number of fused-ring (bicyclic) bond motifs is 5. The maximum absolute atomic E-state index is 12.5. The smallest absolute Gasteiger partial charge is 0.407 e. The van der Waals surface area contributed by atoms with E-state index in [1.165, 1.54) is 5.56 Å². The molecule has 11 heteroatoms. The Kier molecular flexibility index (Phi) is 8.28. The van der Waals surface area contributed by atoms with Gasteiger partial charge in [0, 0.05) is 26.2 Å². The van der Waals surface area contributed by atoms with Crippen LogP contribution in [0.5, 0.6) is 0 Å². The van der Waals surface area contributed by atoms with Crippen molar-refractivity contribution < 1.29 is 19.4 Å². The summed E-state index contributed by atoms with van der Waals surface area (Å²) in [6.07, 6.45) is -0.792. The second-order valence-corrected chi connectivity index (χ2v) is 12.4. The summed E-state index contributed by atoms with van der Waals surface area (Å²) in [7, 11) is 0. The Morgan fingerprint density at radius 1 is 1.12 bits per heavy atom. The molecule has 3 aromatic rings. The summed E-state index contributed by atoms with van der Waals surface area (Å²) >= 11 is 5.74. The molecule has 0 radical (unpaired) electrons. The van der Waals surface area contributed by atoms with Gasteiger partial charge < -0.3 is 15.2 Å². The molecule has 1 amide bonds. The van der Waals surface area contributed by atoms with Crippen molar-refractivity contribution in [3.8, 4) is 11.1 Å². The van der Waals surface area contributed by atoms with E-state index >= 15 is 0 Å². The monoisotopic (exact) mass is 637 g/mol. The molecule has 3 N–H and O–H groups in total. The SMILES string of the molecule is Cc1cc2c(c(Br)c1SCc1ccccc1)C1(NN=NN1C(C)COC(=O)N[C@H](C(=O)O)C(C)C)c1ccccc1-2. The van der Waals surface area contributed by atoms with Gasteiger partial charge in [0.2, 0.25) is 0 Å². The Labute approximate surface area is 251 Å². The summed E-state index contributed by atoms with van der Waals surface area (Å²) < 4.78 is 6.45. The van der Waals surface area contributed by atoms with Gasteiger partial charge in [-0.2, -0.15) is 0 Å². The lowest BCUT2D eigenvalue weighted by atomic mass is 9.95. The van der Waals surface area contributed by atoms with Crippen LogP contribution < -0.4 is 10.7 Å². The lowest BCUT2D eigenvalue weighted by Crippen LogP contribution is -2.53. The van der Waals surface area contributed by atoms with Gasteiger partial charge in [0.1, 0.15) is 12.6 Å². The van der Waals surface area contributed by atoms with Gasteiger partial charge in [-0.05, 0) is 64.0 Å². The van der Waals surface area contributed by atoms with E-state index in [4.69, 9.17) is 4.74 Å². The van der Waals surface area contributed by atoms with Gasteiger partial charge in [0.15, 0.2) is 5.66 Å². The van der Waals surface area contributed by atoms with Gasteiger partial charge in [-0.25, -0.2) is 14.6 Å². The van der Waals surface area contributed by atoms with E-state index in [1.54, 1.807) is 25.6 Å². The largest absolute Gasteiger partial charge is 0.480 e. The van der Waals surface area contributed by atoms with Crippen molar-refractivity contribution in [3.63, 3.8) is 0 Å². The number of amides is 1. The summed E-state index contributed by atoms with van der Waals surface area (Å²) in [4.78, 5) is 25.2. The lowest BCUT2D eigenvalue weighted by Gasteiger charge is -2.38. The number of hydrogen-bond acceptors (Lipinski definition) is 8. The predicted molar refractivity (Wildman–Crippen MR) is 161 cm³/mol. The molecule has 1 aliphatic carbocycles. The minimum atomic E-state index is -1.11. The van der Waals surface area contributed by atoms with Crippen LogP contribution in [0.2, 0.25) is 0 Å². The number of carboxylic acids is 1. The normalized spacial score (nSPS) is 18.1. The van der Waals surface area contributed by atoms with Crippen LogP contribution in [0.3, 0.4) is 0 Å². The fourth-order valence-corrected chi connectivity index (χ4v) is 7.56. The Hall–Kier alpha value is -3.57. The number of nitrogens with zero attached hydrogens (tertiary/aromatic N) is 3. The molecular weight excluding hydrogens is 606 g/mol. The predicted octanol–water partition coefficient (Wildman–Crippen LogP) is 6.64. The number of nitrogens with one attached hydrogen (secondary N) is 2. The topological polar surface area (TPSA) is 116 Å². The minimum Gasteiger partial charge on any atom is -0.480 e. The Morgan fingerprint density at radius 3 is 2.54 bits per heavy atom. The molecule has 0 saturated heterocycles. The summed E-state index contributed by atoms with van der Waals surface area (Å²) in [5.74, 6) is -0.585. The fourth-order valence-electron chi connectivity index (χ4n) is 5.38. The van der Waals surface area contributed by atoms with Crippen molar-refractivity contribution in [2.45, 2.75) is 56.1 Å².